The molecule has 0 aliphatic rings. The van der Waals surface area contributed by atoms with Gasteiger partial charge in [-0.05, 0) is 39.8 Å². The molecule has 0 bridgehead atoms. The van der Waals surface area contributed by atoms with Gasteiger partial charge in [0.1, 0.15) is 11.3 Å². The first-order chi connectivity index (χ1) is 12.6. The van der Waals surface area contributed by atoms with E-state index >= 15 is 0 Å². The zero-order valence-corrected chi connectivity index (χ0v) is 19.4. The number of aliphatic imine (C=N–C) groups is 1. The Morgan fingerprint density at radius 3 is 2.74 bits per heavy atom. The van der Waals surface area contributed by atoms with E-state index < -0.39 is 0 Å². The number of fused-ring (bicyclic) bond motifs is 1. The predicted molar refractivity (Wildman–Crippen MR) is 124 cm³/mol. The molecule has 3 rings (SSSR count). The monoisotopic (exact) mass is 498 g/mol. The molecule has 2 N–H and O–H groups in total. The van der Waals surface area contributed by atoms with Crippen LogP contribution in [-0.2, 0) is 6.42 Å². The standard InChI is InChI=1S/C20H26N4OS.HI/c1-5-21-20(22-11-10-19-14(3)23-15(4)26-19)24-13(2)18-12-16-8-6-7-9-17(16)25-18;/h6-9,12-13H,5,10-11H2,1-4H3,(H2,21,22,24);1H. The number of hydrogen-bond donors (Lipinski definition) is 2. The number of rotatable bonds is 6. The summed E-state index contributed by atoms with van der Waals surface area (Å²) < 4.78 is 5.95. The lowest BCUT2D eigenvalue weighted by atomic mass is 10.2. The van der Waals surface area contributed by atoms with Gasteiger partial charge in [0.05, 0.1) is 16.7 Å². The fourth-order valence-corrected chi connectivity index (χ4v) is 3.81. The zero-order chi connectivity index (χ0) is 18.5. The average molecular weight is 498 g/mol. The molecule has 3 aromatic rings. The summed E-state index contributed by atoms with van der Waals surface area (Å²) in [7, 11) is 0. The van der Waals surface area contributed by atoms with Crippen LogP contribution in [0.5, 0.6) is 0 Å². The summed E-state index contributed by atoms with van der Waals surface area (Å²) in [6.07, 6.45) is 0.910. The Morgan fingerprint density at radius 1 is 1.30 bits per heavy atom. The summed E-state index contributed by atoms with van der Waals surface area (Å²) in [4.78, 5) is 10.5. The van der Waals surface area contributed by atoms with Crippen molar-refractivity contribution < 1.29 is 4.42 Å². The highest BCUT2D eigenvalue weighted by molar-refractivity contribution is 14.0. The van der Waals surface area contributed by atoms with Gasteiger partial charge in [-0.15, -0.1) is 35.3 Å². The lowest BCUT2D eigenvalue weighted by molar-refractivity contribution is 0.488. The van der Waals surface area contributed by atoms with Crippen LogP contribution in [0.2, 0.25) is 0 Å². The number of furan rings is 1. The number of hydrogen-bond acceptors (Lipinski definition) is 4. The van der Waals surface area contributed by atoms with E-state index in [0.717, 1.165) is 52.9 Å². The Bertz CT molecular complexity index is 869. The smallest absolute Gasteiger partial charge is 0.191 e. The summed E-state index contributed by atoms with van der Waals surface area (Å²) in [6, 6.07) is 10.2. The molecule has 0 spiro atoms. The van der Waals surface area contributed by atoms with Crippen molar-refractivity contribution in [3.8, 4) is 0 Å². The van der Waals surface area contributed by atoms with Crippen molar-refractivity contribution in [2.45, 2.75) is 40.2 Å². The highest BCUT2D eigenvalue weighted by atomic mass is 127. The molecule has 0 saturated carbocycles. The lowest BCUT2D eigenvalue weighted by Crippen LogP contribution is -2.38. The van der Waals surface area contributed by atoms with Gasteiger partial charge in [-0.2, -0.15) is 0 Å². The van der Waals surface area contributed by atoms with Crippen LogP contribution < -0.4 is 10.6 Å². The molecule has 0 aliphatic carbocycles. The number of nitrogens with one attached hydrogen (secondary N) is 2. The third kappa shape index (κ3) is 5.68. The van der Waals surface area contributed by atoms with Crippen LogP contribution in [0.4, 0.5) is 0 Å². The van der Waals surface area contributed by atoms with E-state index in [2.05, 4.69) is 48.5 Å². The number of para-hydroxylation sites is 1. The van der Waals surface area contributed by atoms with E-state index in [9.17, 15) is 0 Å². The van der Waals surface area contributed by atoms with Gasteiger partial charge >= 0.3 is 0 Å². The fourth-order valence-electron chi connectivity index (χ4n) is 2.89. The van der Waals surface area contributed by atoms with Crippen molar-refractivity contribution >= 4 is 52.2 Å². The second-order valence-corrected chi connectivity index (χ2v) is 7.59. The minimum absolute atomic E-state index is 0. The average Bonchev–Trinajstić information content (AvgIpc) is 3.18. The topological polar surface area (TPSA) is 62.5 Å². The third-order valence-electron chi connectivity index (χ3n) is 4.18. The number of aryl methyl sites for hydroxylation is 2. The molecule has 146 valence electrons. The van der Waals surface area contributed by atoms with Gasteiger partial charge in [0.25, 0.3) is 0 Å². The van der Waals surface area contributed by atoms with Gasteiger partial charge in [-0.3, -0.25) is 4.99 Å². The van der Waals surface area contributed by atoms with Gasteiger partial charge < -0.3 is 15.1 Å². The molecule has 0 aliphatic heterocycles. The molecule has 0 saturated heterocycles. The van der Waals surface area contributed by atoms with Crippen molar-refractivity contribution in [3.63, 3.8) is 0 Å². The Hall–Kier alpha value is -1.61. The normalized spacial score (nSPS) is 12.7. The summed E-state index contributed by atoms with van der Waals surface area (Å²) in [5, 5.41) is 8.98. The first-order valence-corrected chi connectivity index (χ1v) is 9.84. The Labute approximate surface area is 181 Å². The largest absolute Gasteiger partial charge is 0.459 e. The first kappa shape index (κ1) is 21.7. The van der Waals surface area contributed by atoms with E-state index in [1.54, 1.807) is 11.3 Å². The maximum absolute atomic E-state index is 5.95. The molecule has 5 nitrogen and oxygen atoms in total. The minimum Gasteiger partial charge on any atom is -0.459 e. The Kier molecular flexibility index (Phi) is 8.09. The zero-order valence-electron chi connectivity index (χ0n) is 16.2. The SMILES string of the molecule is CCNC(=NCCc1sc(C)nc1C)NC(C)c1cc2ccccc2o1.I. The number of halogens is 1. The highest BCUT2D eigenvalue weighted by Gasteiger charge is 2.13. The van der Waals surface area contributed by atoms with Crippen molar-refractivity contribution in [2.75, 3.05) is 13.1 Å². The number of nitrogens with zero attached hydrogens (tertiary/aromatic N) is 2. The number of thiazole rings is 1. The van der Waals surface area contributed by atoms with Gasteiger partial charge in [-0.25, -0.2) is 4.98 Å². The Morgan fingerprint density at radius 2 is 2.07 bits per heavy atom. The first-order valence-electron chi connectivity index (χ1n) is 9.03. The van der Waals surface area contributed by atoms with Crippen LogP contribution in [0.15, 0.2) is 39.7 Å². The van der Waals surface area contributed by atoms with Crippen molar-refractivity contribution in [3.05, 3.63) is 51.7 Å². The quantitative estimate of drug-likeness (QED) is 0.286. The van der Waals surface area contributed by atoms with Crippen molar-refractivity contribution in [2.24, 2.45) is 4.99 Å². The van der Waals surface area contributed by atoms with Crippen LogP contribution in [0.3, 0.4) is 0 Å². The molecule has 0 fully saturated rings. The predicted octanol–water partition coefficient (Wildman–Crippen LogP) is 4.98. The Balaban J connectivity index is 0.00000261. The maximum atomic E-state index is 5.95. The maximum Gasteiger partial charge on any atom is 0.191 e. The summed E-state index contributed by atoms with van der Waals surface area (Å²) in [6.45, 7) is 9.81. The number of aromatic nitrogens is 1. The molecule has 2 aromatic heterocycles. The number of benzene rings is 1. The van der Waals surface area contributed by atoms with Crippen LogP contribution in [0, 0.1) is 13.8 Å². The van der Waals surface area contributed by atoms with Crippen LogP contribution >= 0.6 is 35.3 Å². The van der Waals surface area contributed by atoms with E-state index in [0.29, 0.717) is 0 Å². The molecule has 0 radical (unpaired) electrons. The van der Waals surface area contributed by atoms with Crippen molar-refractivity contribution in [1.82, 2.24) is 15.6 Å². The van der Waals surface area contributed by atoms with E-state index in [-0.39, 0.29) is 30.0 Å². The molecule has 27 heavy (non-hydrogen) atoms. The molecule has 1 aromatic carbocycles. The molecule has 1 atom stereocenters. The summed E-state index contributed by atoms with van der Waals surface area (Å²) in [5.74, 6) is 1.71. The van der Waals surface area contributed by atoms with Crippen molar-refractivity contribution in [1.29, 1.82) is 0 Å². The summed E-state index contributed by atoms with van der Waals surface area (Å²) in [5.41, 5.74) is 2.03. The molecule has 0 amide bonds. The fraction of sp³-hybridized carbons (Fsp3) is 0.400. The molecular formula is C20H27IN4OS. The third-order valence-corrected chi connectivity index (χ3v) is 5.31. The summed E-state index contributed by atoms with van der Waals surface area (Å²) >= 11 is 1.76. The number of guanidine groups is 1. The van der Waals surface area contributed by atoms with Gasteiger partial charge in [-0.1, -0.05) is 18.2 Å². The second-order valence-electron chi connectivity index (χ2n) is 6.30. The minimum atomic E-state index is 0. The van der Waals surface area contributed by atoms with Crippen LogP contribution in [0.25, 0.3) is 11.0 Å². The highest BCUT2D eigenvalue weighted by Crippen LogP contribution is 2.23. The lowest BCUT2D eigenvalue weighted by Gasteiger charge is -2.16. The second kappa shape index (κ2) is 10.1. The van der Waals surface area contributed by atoms with E-state index in [4.69, 9.17) is 9.41 Å². The van der Waals surface area contributed by atoms with E-state index in [1.807, 2.05) is 25.1 Å². The molecular weight excluding hydrogens is 471 g/mol. The van der Waals surface area contributed by atoms with Crippen LogP contribution in [0.1, 0.15) is 41.2 Å². The van der Waals surface area contributed by atoms with Crippen LogP contribution in [-0.4, -0.2) is 24.0 Å². The molecule has 2 heterocycles. The molecule has 7 heteroatoms. The van der Waals surface area contributed by atoms with E-state index in [1.165, 1.54) is 4.88 Å². The van der Waals surface area contributed by atoms with Gasteiger partial charge in [0.15, 0.2) is 5.96 Å². The molecule has 1 unspecified atom stereocenters. The van der Waals surface area contributed by atoms with Gasteiger partial charge in [0.2, 0.25) is 0 Å². The van der Waals surface area contributed by atoms with Gasteiger partial charge in [0, 0.05) is 29.8 Å².